The number of benzene rings is 1. The summed E-state index contributed by atoms with van der Waals surface area (Å²) in [6, 6.07) is 6.39. The Morgan fingerprint density at radius 2 is 2.06 bits per heavy atom. The van der Waals surface area contributed by atoms with Crippen LogP contribution in [0.2, 0.25) is 0 Å². The van der Waals surface area contributed by atoms with Gasteiger partial charge in [-0.3, -0.25) is 0 Å². The summed E-state index contributed by atoms with van der Waals surface area (Å²) >= 11 is 1.76. The van der Waals surface area contributed by atoms with E-state index in [1.165, 1.54) is 16.0 Å². The van der Waals surface area contributed by atoms with Crippen LogP contribution < -0.4 is 5.73 Å². The fourth-order valence-corrected chi connectivity index (χ4v) is 2.90. The minimum atomic E-state index is 0.896. The van der Waals surface area contributed by atoms with E-state index in [-0.39, 0.29) is 0 Å². The van der Waals surface area contributed by atoms with E-state index in [9.17, 15) is 0 Å². The van der Waals surface area contributed by atoms with Crippen LogP contribution in [0.15, 0.2) is 18.2 Å². The number of rotatable bonds is 3. The van der Waals surface area contributed by atoms with Crippen molar-refractivity contribution in [3.05, 3.63) is 44.9 Å². The summed E-state index contributed by atoms with van der Waals surface area (Å²) in [5.41, 5.74) is 10.6. The Morgan fingerprint density at radius 1 is 1.29 bits per heavy atom. The summed E-state index contributed by atoms with van der Waals surface area (Å²) in [6.07, 6.45) is 1.93. The molecule has 1 aromatic carbocycles. The lowest BCUT2D eigenvalue weighted by molar-refractivity contribution is 1.11. The molecule has 17 heavy (non-hydrogen) atoms. The van der Waals surface area contributed by atoms with Gasteiger partial charge in [0.05, 0.1) is 10.7 Å². The maximum absolute atomic E-state index is 6.09. The molecule has 0 bridgehead atoms. The molecule has 0 atom stereocenters. The molecule has 0 saturated carbocycles. The number of anilines is 1. The SMILES string of the molecule is CCc1ccc(Cc2sc(C)nc2C)c(N)c1. The number of hydrogen-bond acceptors (Lipinski definition) is 3. The molecule has 90 valence electrons. The Morgan fingerprint density at radius 3 is 2.59 bits per heavy atom. The number of aromatic nitrogens is 1. The van der Waals surface area contributed by atoms with E-state index in [0.717, 1.165) is 29.2 Å². The first-order valence-corrected chi connectivity index (χ1v) is 6.72. The molecule has 0 saturated heterocycles. The highest BCUT2D eigenvalue weighted by atomic mass is 32.1. The third kappa shape index (κ3) is 2.67. The van der Waals surface area contributed by atoms with Gasteiger partial charge in [0.15, 0.2) is 0 Å². The van der Waals surface area contributed by atoms with Crippen molar-refractivity contribution in [3.8, 4) is 0 Å². The van der Waals surface area contributed by atoms with E-state index >= 15 is 0 Å². The van der Waals surface area contributed by atoms with E-state index < -0.39 is 0 Å². The van der Waals surface area contributed by atoms with Crippen LogP contribution >= 0.6 is 11.3 Å². The molecule has 0 spiro atoms. The van der Waals surface area contributed by atoms with E-state index in [1.54, 1.807) is 11.3 Å². The van der Waals surface area contributed by atoms with Crippen molar-refractivity contribution in [3.63, 3.8) is 0 Å². The summed E-state index contributed by atoms with van der Waals surface area (Å²) in [5, 5.41) is 1.13. The fraction of sp³-hybridized carbons (Fsp3) is 0.357. The van der Waals surface area contributed by atoms with Gasteiger partial charge in [0.2, 0.25) is 0 Å². The molecular formula is C14H18N2S. The quantitative estimate of drug-likeness (QED) is 0.842. The molecule has 2 N–H and O–H groups in total. The second kappa shape index (κ2) is 4.88. The zero-order chi connectivity index (χ0) is 12.4. The first-order valence-electron chi connectivity index (χ1n) is 5.90. The Balaban J connectivity index is 2.27. The third-order valence-corrected chi connectivity index (χ3v) is 4.04. The predicted molar refractivity (Wildman–Crippen MR) is 74.6 cm³/mol. The molecule has 2 nitrogen and oxygen atoms in total. The van der Waals surface area contributed by atoms with Gasteiger partial charge in [-0.05, 0) is 37.5 Å². The van der Waals surface area contributed by atoms with Crippen molar-refractivity contribution in [1.82, 2.24) is 4.98 Å². The van der Waals surface area contributed by atoms with Crippen LogP contribution in [0.25, 0.3) is 0 Å². The topological polar surface area (TPSA) is 38.9 Å². The second-order valence-corrected chi connectivity index (χ2v) is 5.59. The van der Waals surface area contributed by atoms with E-state index in [1.807, 2.05) is 6.92 Å². The first-order chi connectivity index (χ1) is 8.10. The number of nitrogens with zero attached hydrogens (tertiary/aromatic N) is 1. The molecule has 0 amide bonds. The largest absolute Gasteiger partial charge is 0.398 e. The number of nitrogen functional groups attached to an aromatic ring is 1. The zero-order valence-corrected chi connectivity index (χ0v) is 11.4. The third-order valence-electron chi connectivity index (χ3n) is 2.97. The van der Waals surface area contributed by atoms with Gasteiger partial charge in [0, 0.05) is 17.0 Å². The van der Waals surface area contributed by atoms with Gasteiger partial charge >= 0.3 is 0 Å². The van der Waals surface area contributed by atoms with Gasteiger partial charge in [0.1, 0.15) is 0 Å². The monoisotopic (exact) mass is 246 g/mol. The Hall–Kier alpha value is -1.35. The summed E-state index contributed by atoms with van der Waals surface area (Å²) in [5.74, 6) is 0. The lowest BCUT2D eigenvalue weighted by atomic mass is 10.0. The normalized spacial score (nSPS) is 10.8. The average molecular weight is 246 g/mol. The van der Waals surface area contributed by atoms with E-state index in [0.29, 0.717) is 0 Å². The molecule has 0 aliphatic heterocycles. The van der Waals surface area contributed by atoms with Crippen LogP contribution in [0, 0.1) is 13.8 Å². The Kier molecular flexibility index (Phi) is 3.48. The number of aryl methyl sites for hydroxylation is 3. The highest BCUT2D eigenvalue weighted by Gasteiger charge is 2.08. The highest BCUT2D eigenvalue weighted by Crippen LogP contribution is 2.24. The standard InChI is InChI=1S/C14H18N2S/c1-4-11-5-6-12(13(15)7-11)8-14-9(2)16-10(3)17-14/h5-7H,4,8,15H2,1-3H3. The zero-order valence-electron chi connectivity index (χ0n) is 10.6. The maximum atomic E-state index is 6.09. The molecule has 1 heterocycles. The predicted octanol–water partition coefficient (Wildman–Crippen LogP) is 3.50. The van der Waals surface area contributed by atoms with Crippen molar-refractivity contribution in [2.24, 2.45) is 0 Å². The van der Waals surface area contributed by atoms with Crippen LogP contribution in [0.5, 0.6) is 0 Å². The maximum Gasteiger partial charge on any atom is 0.0900 e. The lowest BCUT2D eigenvalue weighted by Gasteiger charge is -2.06. The Bertz CT molecular complexity index is 529. The first kappa shape index (κ1) is 12.1. The van der Waals surface area contributed by atoms with Crippen LogP contribution in [0.4, 0.5) is 5.69 Å². The number of nitrogens with two attached hydrogens (primary N) is 1. The minimum Gasteiger partial charge on any atom is -0.398 e. The van der Waals surface area contributed by atoms with Gasteiger partial charge in [-0.25, -0.2) is 4.98 Å². The summed E-state index contributed by atoms with van der Waals surface area (Å²) in [7, 11) is 0. The smallest absolute Gasteiger partial charge is 0.0900 e. The van der Waals surface area contributed by atoms with Crippen molar-refractivity contribution in [1.29, 1.82) is 0 Å². The minimum absolute atomic E-state index is 0.896. The fourth-order valence-electron chi connectivity index (χ4n) is 1.94. The van der Waals surface area contributed by atoms with Gasteiger partial charge in [-0.15, -0.1) is 11.3 Å². The molecule has 2 rings (SSSR count). The van der Waals surface area contributed by atoms with Gasteiger partial charge in [0.25, 0.3) is 0 Å². The van der Waals surface area contributed by atoms with E-state index in [2.05, 4.69) is 37.0 Å². The molecule has 3 heteroatoms. The molecule has 0 unspecified atom stereocenters. The van der Waals surface area contributed by atoms with Crippen LogP contribution in [0.1, 0.15) is 33.6 Å². The second-order valence-electron chi connectivity index (χ2n) is 4.30. The summed E-state index contributed by atoms with van der Waals surface area (Å²) < 4.78 is 0. The van der Waals surface area contributed by atoms with Crippen molar-refractivity contribution in [2.45, 2.75) is 33.6 Å². The summed E-state index contributed by atoms with van der Waals surface area (Å²) in [4.78, 5) is 5.77. The molecular weight excluding hydrogens is 228 g/mol. The van der Waals surface area contributed by atoms with Crippen molar-refractivity contribution >= 4 is 17.0 Å². The average Bonchev–Trinajstić information content (AvgIpc) is 2.60. The van der Waals surface area contributed by atoms with Crippen molar-refractivity contribution < 1.29 is 0 Å². The molecule has 2 aromatic rings. The summed E-state index contributed by atoms with van der Waals surface area (Å²) in [6.45, 7) is 6.26. The lowest BCUT2D eigenvalue weighted by Crippen LogP contribution is -1.97. The van der Waals surface area contributed by atoms with Gasteiger partial charge < -0.3 is 5.73 Å². The van der Waals surface area contributed by atoms with Crippen molar-refractivity contribution in [2.75, 3.05) is 5.73 Å². The highest BCUT2D eigenvalue weighted by molar-refractivity contribution is 7.11. The molecule has 0 fully saturated rings. The molecule has 0 aliphatic carbocycles. The molecule has 0 aliphatic rings. The van der Waals surface area contributed by atoms with E-state index in [4.69, 9.17) is 5.73 Å². The number of hydrogen-bond donors (Lipinski definition) is 1. The molecule has 0 radical (unpaired) electrons. The van der Waals surface area contributed by atoms with Gasteiger partial charge in [-0.2, -0.15) is 0 Å². The number of thiazole rings is 1. The molecule has 1 aromatic heterocycles. The van der Waals surface area contributed by atoms with Crippen LogP contribution in [0.3, 0.4) is 0 Å². The Labute approximate surface area is 107 Å². The van der Waals surface area contributed by atoms with Crippen LogP contribution in [-0.2, 0) is 12.8 Å². The van der Waals surface area contributed by atoms with Gasteiger partial charge in [-0.1, -0.05) is 19.1 Å². The van der Waals surface area contributed by atoms with Crippen LogP contribution in [-0.4, -0.2) is 4.98 Å².